The standard InChI is InChI=1S/C10H11F3N2S2/c11-8(9(12)13)3-4-16-10(15-6-14)17-5-7-1-2-7/h7H,1-5H2. The van der Waals surface area contributed by atoms with Gasteiger partial charge in [0.05, 0.1) is 0 Å². The van der Waals surface area contributed by atoms with Gasteiger partial charge in [0.25, 0.3) is 0 Å². The summed E-state index contributed by atoms with van der Waals surface area (Å²) in [7, 11) is 0. The van der Waals surface area contributed by atoms with Gasteiger partial charge in [-0.25, -0.2) is 4.39 Å². The highest BCUT2D eigenvalue weighted by molar-refractivity contribution is 8.38. The predicted octanol–water partition coefficient (Wildman–Crippen LogP) is 4.17. The first-order valence-corrected chi connectivity index (χ1v) is 7.02. The summed E-state index contributed by atoms with van der Waals surface area (Å²) < 4.78 is 36.6. The van der Waals surface area contributed by atoms with Crippen LogP contribution in [0.1, 0.15) is 19.3 Å². The summed E-state index contributed by atoms with van der Waals surface area (Å²) in [6.45, 7) is 0. The monoisotopic (exact) mass is 280 g/mol. The molecule has 7 heteroatoms. The van der Waals surface area contributed by atoms with Gasteiger partial charge >= 0.3 is 6.08 Å². The predicted molar refractivity (Wildman–Crippen MR) is 65.7 cm³/mol. The third kappa shape index (κ3) is 6.64. The quantitative estimate of drug-likeness (QED) is 0.431. The van der Waals surface area contributed by atoms with Crippen LogP contribution >= 0.6 is 23.5 Å². The molecule has 0 radical (unpaired) electrons. The molecule has 0 bridgehead atoms. The Labute approximate surface area is 106 Å². The average Bonchev–Trinajstić information content (AvgIpc) is 3.09. The molecule has 0 aromatic carbocycles. The van der Waals surface area contributed by atoms with E-state index in [9.17, 15) is 13.2 Å². The molecule has 0 aromatic heterocycles. The van der Waals surface area contributed by atoms with E-state index < -0.39 is 11.9 Å². The third-order valence-corrected chi connectivity index (χ3v) is 4.46. The van der Waals surface area contributed by atoms with Crippen LogP contribution in [-0.4, -0.2) is 15.9 Å². The molecule has 0 saturated heterocycles. The summed E-state index contributed by atoms with van der Waals surface area (Å²) in [4.78, 5) is 3.59. The van der Waals surface area contributed by atoms with Crippen molar-refractivity contribution in [3.05, 3.63) is 11.9 Å². The van der Waals surface area contributed by atoms with E-state index >= 15 is 0 Å². The van der Waals surface area contributed by atoms with Crippen molar-refractivity contribution in [1.82, 2.24) is 0 Å². The van der Waals surface area contributed by atoms with E-state index in [0.29, 0.717) is 10.3 Å². The van der Waals surface area contributed by atoms with Crippen molar-refractivity contribution in [3.8, 4) is 6.19 Å². The number of nitriles is 1. The minimum Gasteiger partial charge on any atom is -0.206 e. The summed E-state index contributed by atoms with van der Waals surface area (Å²) in [5.74, 6) is 0.357. The minimum absolute atomic E-state index is 0.168. The molecular formula is C10H11F3N2S2. The van der Waals surface area contributed by atoms with E-state index in [2.05, 4.69) is 4.99 Å². The van der Waals surface area contributed by atoms with Crippen molar-refractivity contribution in [1.29, 1.82) is 5.26 Å². The third-order valence-electron chi connectivity index (χ3n) is 2.03. The Morgan fingerprint density at radius 2 is 2.00 bits per heavy atom. The summed E-state index contributed by atoms with van der Waals surface area (Å²) in [5, 5.41) is 8.45. The molecule has 0 spiro atoms. The maximum Gasteiger partial charge on any atom is 0.301 e. The van der Waals surface area contributed by atoms with Crippen molar-refractivity contribution >= 4 is 27.9 Å². The SMILES string of the molecule is N#CN=C(SCCC(F)=C(F)F)SCC1CC1. The minimum atomic E-state index is -2.27. The van der Waals surface area contributed by atoms with Crippen molar-refractivity contribution in [2.24, 2.45) is 10.9 Å². The fourth-order valence-corrected chi connectivity index (χ4v) is 3.11. The highest BCUT2D eigenvalue weighted by Gasteiger charge is 2.22. The number of nitrogens with zero attached hydrogens (tertiary/aromatic N) is 2. The van der Waals surface area contributed by atoms with Gasteiger partial charge in [-0.1, -0.05) is 23.5 Å². The summed E-state index contributed by atoms with van der Waals surface area (Å²) in [6.07, 6.45) is 1.46. The van der Waals surface area contributed by atoms with Gasteiger partial charge in [0.15, 0.2) is 5.83 Å². The second-order valence-corrected chi connectivity index (χ2v) is 5.85. The smallest absolute Gasteiger partial charge is 0.206 e. The molecule has 94 valence electrons. The maximum absolute atomic E-state index is 12.5. The van der Waals surface area contributed by atoms with Crippen molar-refractivity contribution in [3.63, 3.8) is 0 Å². The van der Waals surface area contributed by atoms with Gasteiger partial charge in [0, 0.05) is 17.9 Å². The molecule has 0 N–H and O–H groups in total. The number of halogens is 3. The molecule has 2 nitrogen and oxygen atoms in total. The van der Waals surface area contributed by atoms with E-state index in [-0.39, 0.29) is 12.2 Å². The van der Waals surface area contributed by atoms with E-state index in [4.69, 9.17) is 5.26 Å². The Hall–Kier alpha value is -0.610. The number of rotatable bonds is 5. The van der Waals surface area contributed by atoms with Crippen LogP contribution in [0.3, 0.4) is 0 Å². The molecule has 0 aromatic rings. The Bertz CT molecular complexity index is 355. The lowest BCUT2D eigenvalue weighted by Crippen LogP contribution is -1.93. The summed E-state index contributed by atoms with van der Waals surface area (Å²) in [5.41, 5.74) is 0. The van der Waals surface area contributed by atoms with Crippen LogP contribution in [0.5, 0.6) is 0 Å². The lowest BCUT2D eigenvalue weighted by Gasteiger charge is -2.02. The molecule has 1 rings (SSSR count). The van der Waals surface area contributed by atoms with Gasteiger partial charge in [-0.05, 0) is 18.8 Å². The molecule has 17 heavy (non-hydrogen) atoms. The second kappa shape index (κ2) is 7.67. The van der Waals surface area contributed by atoms with Gasteiger partial charge in [-0.2, -0.15) is 19.0 Å². The topological polar surface area (TPSA) is 36.1 Å². The second-order valence-electron chi connectivity index (χ2n) is 3.50. The first kappa shape index (κ1) is 14.5. The molecule has 0 atom stereocenters. The molecule has 0 amide bonds. The lowest BCUT2D eigenvalue weighted by atomic mass is 10.4. The normalized spacial score (nSPS) is 15.5. The fraction of sp³-hybridized carbons (Fsp3) is 0.600. The van der Waals surface area contributed by atoms with Crippen molar-refractivity contribution in [2.45, 2.75) is 19.3 Å². The first-order valence-electron chi connectivity index (χ1n) is 5.05. The first-order chi connectivity index (χ1) is 8.13. The van der Waals surface area contributed by atoms with Crippen LogP contribution in [0, 0.1) is 17.4 Å². The molecule has 1 saturated carbocycles. The van der Waals surface area contributed by atoms with E-state index in [1.54, 1.807) is 6.19 Å². The number of thioether (sulfide) groups is 2. The van der Waals surface area contributed by atoms with Crippen LogP contribution in [0.2, 0.25) is 0 Å². The zero-order valence-electron chi connectivity index (χ0n) is 8.96. The van der Waals surface area contributed by atoms with Gasteiger partial charge in [-0.15, -0.1) is 0 Å². The summed E-state index contributed by atoms with van der Waals surface area (Å²) >= 11 is 2.59. The Morgan fingerprint density at radius 3 is 2.53 bits per heavy atom. The lowest BCUT2D eigenvalue weighted by molar-refractivity contribution is 0.373. The number of hydrogen-bond donors (Lipinski definition) is 0. The van der Waals surface area contributed by atoms with E-state index in [1.807, 2.05) is 0 Å². The van der Waals surface area contributed by atoms with Crippen molar-refractivity contribution < 1.29 is 13.2 Å². The molecule has 0 aliphatic heterocycles. The average molecular weight is 280 g/mol. The molecule has 0 heterocycles. The fourth-order valence-electron chi connectivity index (χ4n) is 0.943. The zero-order valence-corrected chi connectivity index (χ0v) is 10.6. The molecule has 1 fully saturated rings. The van der Waals surface area contributed by atoms with Gasteiger partial charge in [-0.3, -0.25) is 0 Å². The van der Waals surface area contributed by atoms with Gasteiger partial charge in [0.1, 0.15) is 4.38 Å². The van der Waals surface area contributed by atoms with Crippen LogP contribution in [-0.2, 0) is 0 Å². The highest BCUT2D eigenvalue weighted by atomic mass is 32.2. The maximum atomic E-state index is 12.5. The highest BCUT2D eigenvalue weighted by Crippen LogP contribution is 2.34. The van der Waals surface area contributed by atoms with Crippen LogP contribution in [0.15, 0.2) is 16.9 Å². The van der Waals surface area contributed by atoms with Gasteiger partial charge in [0.2, 0.25) is 6.19 Å². The number of aliphatic imine (C=N–C) groups is 1. The molecule has 1 aliphatic rings. The molecule has 1 aliphatic carbocycles. The van der Waals surface area contributed by atoms with Gasteiger partial charge < -0.3 is 0 Å². The Morgan fingerprint density at radius 1 is 1.29 bits per heavy atom. The number of hydrogen-bond acceptors (Lipinski definition) is 4. The molecule has 0 unspecified atom stereocenters. The van der Waals surface area contributed by atoms with Crippen LogP contribution < -0.4 is 0 Å². The van der Waals surface area contributed by atoms with Crippen LogP contribution in [0.25, 0.3) is 0 Å². The summed E-state index contributed by atoms with van der Waals surface area (Å²) in [6, 6.07) is 0. The van der Waals surface area contributed by atoms with Crippen LogP contribution in [0.4, 0.5) is 13.2 Å². The van der Waals surface area contributed by atoms with E-state index in [1.165, 1.54) is 24.6 Å². The zero-order chi connectivity index (χ0) is 12.7. The van der Waals surface area contributed by atoms with E-state index in [0.717, 1.165) is 17.5 Å². The molecular weight excluding hydrogens is 269 g/mol. The van der Waals surface area contributed by atoms with Crippen molar-refractivity contribution in [2.75, 3.05) is 11.5 Å². The Balaban J connectivity index is 2.27. The Kier molecular flexibility index (Phi) is 6.52. The number of allylic oxidation sites excluding steroid dienone is 1. The largest absolute Gasteiger partial charge is 0.301 e.